The number of carbonyl (C=O) groups excluding carboxylic acids is 1. The van der Waals surface area contributed by atoms with Crippen LogP contribution in [0.25, 0.3) is 0 Å². The third-order valence-electron chi connectivity index (χ3n) is 4.17. The molecule has 0 saturated carbocycles. The highest BCUT2D eigenvalue weighted by Gasteiger charge is 2.36. The van der Waals surface area contributed by atoms with Crippen LogP contribution in [0.15, 0.2) is 18.2 Å². The van der Waals surface area contributed by atoms with Crippen LogP contribution in [0.1, 0.15) is 31.9 Å². The van der Waals surface area contributed by atoms with Crippen LogP contribution in [0.5, 0.6) is 11.5 Å². The minimum Gasteiger partial charge on any atom is -0.493 e. The van der Waals surface area contributed by atoms with Gasteiger partial charge in [0.15, 0.2) is 11.5 Å². The van der Waals surface area contributed by atoms with Gasteiger partial charge in [-0.15, -0.1) is 12.4 Å². The maximum Gasteiger partial charge on any atom is 0.227 e. The molecule has 0 spiro atoms. The summed E-state index contributed by atoms with van der Waals surface area (Å²) in [7, 11) is 3.22. The van der Waals surface area contributed by atoms with E-state index in [-0.39, 0.29) is 29.8 Å². The van der Waals surface area contributed by atoms with Gasteiger partial charge in [0.1, 0.15) is 0 Å². The zero-order chi connectivity index (χ0) is 15.5. The van der Waals surface area contributed by atoms with Crippen molar-refractivity contribution in [3.8, 4) is 11.5 Å². The maximum absolute atomic E-state index is 12.4. The van der Waals surface area contributed by atoms with Crippen LogP contribution < -0.4 is 20.1 Å². The normalized spacial score (nSPS) is 21.6. The molecule has 0 aliphatic carbocycles. The van der Waals surface area contributed by atoms with Crippen LogP contribution in [-0.4, -0.2) is 33.2 Å². The van der Waals surface area contributed by atoms with Crippen LogP contribution in [-0.2, 0) is 4.79 Å². The Morgan fingerprint density at radius 1 is 1.32 bits per heavy atom. The van der Waals surface area contributed by atoms with Crippen molar-refractivity contribution >= 4 is 18.3 Å². The molecule has 0 aromatic heterocycles. The number of hydrogen-bond acceptors (Lipinski definition) is 4. The van der Waals surface area contributed by atoms with Crippen LogP contribution in [0.4, 0.5) is 0 Å². The van der Waals surface area contributed by atoms with E-state index in [4.69, 9.17) is 9.47 Å². The van der Waals surface area contributed by atoms with Crippen molar-refractivity contribution in [2.75, 3.05) is 27.3 Å². The van der Waals surface area contributed by atoms with Gasteiger partial charge in [-0.25, -0.2) is 0 Å². The molecule has 2 N–H and O–H groups in total. The second-order valence-corrected chi connectivity index (χ2v) is 5.80. The number of methoxy groups -OCH3 is 2. The largest absolute Gasteiger partial charge is 0.493 e. The van der Waals surface area contributed by atoms with Gasteiger partial charge in [-0.2, -0.15) is 0 Å². The lowest BCUT2D eigenvalue weighted by atomic mass is 9.88. The summed E-state index contributed by atoms with van der Waals surface area (Å²) in [6.07, 6.45) is 0.873. The Labute approximate surface area is 138 Å². The monoisotopic (exact) mass is 328 g/mol. The smallest absolute Gasteiger partial charge is 0.227 e. The third-order valence-corrected chi connectivity index (χ3v) is 4.17. The number of hydrogen-bond donors (Lipinski definition) is 2. The van der Waals surface area contributed by atoms with Gasteiger partial charge in [0, 0.05) is 6.54 Å². The average molecular weight is 329 g/mol. The fraction of sp³-hybridized carbons (Fsp3) is 0.562. The van der Waals surface area contributed by atoms with E-state index in [0.717, 1.165) is 25.1 Å². The molecule has 2 rings (SSSR count). The second kappa shape index (κ2) is 7.70. The van der Waals surface area contributed by atoms with E-state index in [1.54, 1.807) is 14.2 Å². The number of carbonyl (C=O) groups is 1. The average Bonchev–Trinajstić information content (AvgIpc) is 2.94. The lowest BCUT2D eigenvalue weighted by molar-refractivity contribution is -0.129. The van der Waals surface area contributed by atoms with E-state index in [9.17, 15) is 4.79 Å². The van der Waals surface area contributed by atoms with Crippen molar-refractivity contribution in [3.63, 3.8) is 0 Å². The van der Waals surface area contributed by atoms with Gasteiger partial charge in [0.2, 0.25) is 5.91 Å². The number of amides is 1. The molecule has 1 aromatic carbocycles. The molecule has 1 amide bonds. The van der Waals surface area contributed by atoms with Crippen molar-refractivity contribution in [3.05, 3.63) is 23.8 Å². The zero-order valence-corrected chi connectivity index (χ0v) is 14.4. The summed E-state index contributed by atoms with van der Waals surface area (Å²) in [5.41, 5.74) is 0.681. The van der Waals surface area contributed by atoms with Gasteiger partial charge in [0.25, 0.3) is 0 Å². The molecule has 0 radical (unpaired) electrons. The van der Waals surface area contributed by atoms with E-state index >= 15 is 0 Å². The fourth-order valence-electron chi connectivity index (χ4n) is 2.59. The van der Waals surface area contributed by atoms with E-state index in [2.05, 4.69) is 10.6 Å². The van der Waals surface area contributed by atoms with Gasteiger partial charge in [0.05, 0.1) is 25.7 Å². The van der Waals surface area contributed by atoms with Crippen molar-refractivity contribution in [1.82, 2.24) is 10.6 Å². The Bertz CT molecular complexity index is 516. The molecule has 2 atom stereocenters. The zero-order valence-electron chi connectivity index (χ0n) is 13.6. The first-order valence-corrected chi connectivity index (χ1v) is 7.24. The predicted molar refractivity (Wildman–Crippen MR) is 88.9 cm³/mol. The Morgan fingerprint density at radius 3 is 2.55 bits per heavy atom. The highest BCUT2D eigenvalue weighted by atomic mass is 35.5. The molecule has 0 bridgehead atoms. The SMILES string of the molecule is COc1ccc(C(C)NC(=O)C2(C)CCNC2)cc1OC.Cl. The summed E-state index contributed by atoms with van der Waals surface area (Å²) >= 11 is 0. The summed E-state index contributed by atoms with van der Waals surface area (Å²) in [6, 6.07) is 5.63. The van der Waals surface area contributed by atoms with Crippen molar-refractivity contribution < 1.29 is 14.3 Å². The van der Waals surface area contributed by atoms with Gasteiger partial charge >= 0.3 is 0 Å². The summed E-state index contributed by atoms with van der Waals surface area (Å²) in [4.78, 5) is 12.4. The second-order valence-electron chi connectivity index (χ2n) is 5.80. The molecular formula is C16H25ClN2O3. The lowest BCUT2D eigenvalue weighted by Gasteiger charge is -2.25. The Morgan fingerprint density at radius 2 is 2.00 bits per heavy atom. The molecular weight excluding hydrogens is 304 g/mol. The van der Waals surface area contributed by atoms with Gasteiger partial charge in [-0.3, -0.25) is 4.79 Å². The van der Waals surface area contributed by atoms with Gasteiger partial charge in [-0.1, -0.05) is 6.07 Å². The Hall–Kier alpha value is -1.46. The van der Waals surface area contributed by atoms with E-state index in [0.29, 0.717) is 11.5 Å². The first-order valence-electron chi connectivity index (χ1n) is 7.24. The molecule has 22 heavy (non-hydrogen) atoms. The Kier molecular flexibility index (Phi) is 6.50. The van der Waals surface area contributed by atoms with E-state index in [1.807, 2.05) is 32.0 Å². The van der Waals surface area contributed by atoms with Gasteiger partial charge < -0.3 is 20.1 Å². The van der Waals surface area contributed by atoms with E-state index in [1.165, 1.54) is 0 Å². The molecule has 1 heterocycles. The molecule has 1 aliphatic heterocycles. The van der Waals surface area contributed by atoms with Crippen LogP contribution in [0, 0.1) is 5.41 Å². The van der Waals surface area contributed by atoms with Crippen LogP contribution in [0.2, 0.25) is 0 Å². The number of rotatable bonds is 5. The quantitative estimate of drug-likeness (QED) is 0.870. The molecule has 1 aromatic rings. The van der Waals surface area contributed by atoms with Crippen LogP contribution in [0.3, 0.4) is 0 Å². The highest BCUT2D eigenvalue weighted by Crippen LogP contribution is 2.31. The summed E-state index contributed by atoms with van der Waals surface area (Å²) < 4.78 is 10.5. The molecule has 2 unspecified atom stereocenters. The molecule has 6 heteroatoms. The molecule has 5 nitrogen and oxygen atoms in total. The standard InChI is InChI=1S/C16H24N2O3.ClH/c1-11(18-15(19)16(2)7-8-17-10-16)12-5-6-13(20-3)14(9-12)21-4;/h5-6,9,11,17H,7-8,10H2,1-4H3,(H,18,19);1H. The highest BCUT2D eigenvalue weighted by molar-refractivity contribution is 5.85. The molecule has 124 valence electrons. The van der Waals surface area contributed by atoms with Crippen LogP contribution >= 0.6 is 12.4 Å². The minimum absolute atomic E-state index is 0. The summed E-state index contributed by atoms with van der Waals surface area (Å²) in [5, 5.41) is 6.33. The van der Waals surface area contributed by atoms with E-state index < -0.39 is 0 Å². The minimum atomic E-state index is -0.315. The number of benzene rings is 1. The lowest BCUT2D eigenvalue weighted by Crippen LogP contribution is -2.41. The topological polar surface area (TPSA) is 59.6 Å². The van der Waals surface area contributed by atoms with Crippen molar-refractivity contribution in [2.24, 2.45) is 5.41 Å². The molecule has 1 aliphatic rings. The maximum atomic E-state index is 12.4. The first-order chi connectivity index (χ1) is 10.00. The third kappa shape index (κ3) is 3.84. The van der Waals surface area contributed by atoms with Gasteiger partial charge in [-0.05, 0) is 44.5 Å². The van der Waals surface area contributed by atoms with Crippen molar-refractivity contribution in [2.45, 2.75) is 26.3 Å². The summed E-state index contributed by atoms with van der Waals surface area (Å²) in [5.74, 6) is 1.45. The fourth-order valence-corrected chi connectivity index (χ4v) is 2.59. The Balaban J connectivity index is 0.00000242. The van der Waals surface area contributed by atoms with Crippen molar-refractivity contribution in [1.29, 1.82) is 0 Å². The molecule has 1 saturated heterocycles. The first kappa shape index (κ1) is 18.6. The number of nitrogens with one attached hydrogen (secondary N) is 2. The predicted octanol–water partition coefficient (Wildman–Crippen LogP) is 2.30. The number of ether oxygens (including phenoxy) is 2. The summed E-state index contributed by atoms with van der Waals surface area (Å²) in [6.45, 7) is 5.61. The number of halogens is 1. The molecule has 1 fully saturated rings.